The van der Waals surface area contributed by atoms with Crippen LogP contribution in [0.4, 0.5) is 0 Å². The Labute approximate surface area is 149 Å². The van der Waals surface area contributed by atoms with Crippen molar-refractivity contribution in [3.8, 4) is 0 Å². The van der Waals surface area contributed by atoms with Crippen molar-refractivity contribution >= 4 is 23.4 Å². The van der Waals surface area contributed by atoms with E-state index < -0.39 is 18.4 Å². The highest BCUT2D eigenvalue weighted by Gasteiger charge is 2.33. The number of hydrogen-bond acceptors (Lipinski definition) is 5. The van der Waals surface area contributed by atoms with Crippen LogP contribution in [0.3, 0.4) is 0 Å². The van der Waals surface area contributed by atoms with Gasteiger partial charge in [0.1, 0.15) is 0 Å². The average molecular weight is 349 g/mol. The Bertz CT molecular complexity index is 958. The van der Waals surface area contributed by atoms with E-state index in [-0.39, 0.29) is 40.0 Å². The summed E-state index contributed by atoms with van der Waals surface area (Å²) in [6.45, 7) is -0.419. The fourth-order valence-electron chi connectivity index (χ4n) is 3.02. The van der Waals surface area contributed by atoms with E-state index >= 15 is 0 Å². The highest BCUT2D eigenvalue weighted by atomic mass is 16.5. The molecule has 2 aliphatic carbocycles. The summed E-state index contributed by atoms with van der Waals surface area (Å²) in [5, 5.41) is 2.71. The third-order valence-corrected chi connectivity index (χ3v) is 4.45. The van der Waals surface area contributed by atoms with Crippen molar-refractivity contribution in [2.75, 3.05) is 6.61 Å². The number of carbonyl (C=O) groups excluding carboxylic acids is 4. The van der Waals surface area contributed by atoms with Crippen LogP contribution in [-0.2, 0) is 9.53 Å². The van der Waals surface area contributed by atoms with Crippen LogP contribution >= 0.6 is 0 Å². The van der Waals surface area contributed by atoms with E-state index in [9.17, 15) is 19.2 Å². The number of benzene rings is 2. The zero-order valence-electron chi connectivity index (χ0n) is 13.8. The monoisotopic (exact) mass is 349 g/mol. The predicted molar refractivity (Wildman–Crippen MR) is 91.2 cm³/mol. The average Bonchev–Trinajstić information content (AvgIpc) is 3.47. The number of rotatable bonds is 4. The maximum Gasteiger partial charge on any atom is 0.339 e. The van der Waals surface area contributed by atoms with E-state index in [2.05, 4.69) is 5.32 Å². The summed E-state index contributed by atoms with van der Waals surface area (Å²) in [5.41, 5.74) is 0.778. The van der Waals surface area contributed by atoms with Gasteiger partial charge in [0.25, 0.3) is 5.91 Å². The van der Waals surface area contributed by atoms with Gasteiger partial charge in [-0.1, -0.05) is 36.4 Å². The zero-order chi connectivity index (χ0) is 18.3. The Morgan fingerprint density at radius 1 is 0.923 bits per heavy atom. The van der Waals surface area contributed by atoms with Gasteiger partial charge in [-0.25, -0.2) is 4.79 Å². The van der Waals surface area contributed by atoms with Crippen molar-refractivity contribution in [1.82, 2.24) is 5.32 Å². The molecule has 2 aliphatic rings. The molecule has 0 aromatic heterocycles. The van der Waals surface area contributed by atoms with Gasteiger partial charge in [0.15, 0.2) is 18.2 Å². The van der Waals surface area contributed by atoms with Crippen LogP contribution in [-0.4, -0.2) is 36.1 Å². The first kappa shape index (κ1) is 16.2. The van der Waals surface area contributed by atoms with Crippen molar-refractivity contribution in [1.29, 1.82) is 0 Å². The van der Waals surface area contributed by atoms with Crippen molar-refractivity contribution < 1.29 is 23.9 Å². The number of carbonyl (C=O) groups is 4. The second kappa shape index (κ2) is 6.22. The molecule has 1 fully saturated rings. The Kier molecular flexibility index (Phi) is 3.88. The SMILES string of the molecule is O=C(COC(=O)c1cccc2c1C(=O)c1ccccc1C2=O)NC1CC1. The molecule has 1 amide bonds. The van der Waals surface area contributed by atoms with Crippen LogP contribution in [0.2, 0.25) is 0 Å². The third kappa shape index (κ3) is 2.79. The number of fused-ring (bicyclic) bond motifs is 2. The Morgan fingerprint density at radius 3 is 2.27 bits per heavy atom. The molecule has 0 saturated heterocycles. The van der Waals surface area contributed by atoms with Crippen LogP contribution in [0.1, 0.15) is 55.0 Å². The maximum absolute atomic E-state index is 12.8. The minimum Gasteiger partial charge on any atom is -0.452 e. The molecule has 1 N–H and O–H groups in total. The molecule has 26 heavy (non-hydrogen) atoms. The molecular weight excluding hydrogens is 334 g/mol. The summed E-state index contributed by atoms with van der Waals surface area (Å²) in [5.74, 6) is -1.88. The molecule has 4 rings (SSSR count). The van der Waals surface area contributed by atoms with Crippen LogP contribution < -0.4 is 5.32 Å². The summed E-state index contributed by atoms with van der Waals surface area (Å²) < 4.78 is 5.04. The summed E-state index contributed by atoms with van der Waals surface area (Å²) in [4.78, 5) is 49.6. The fourth-order valence-corrected chi connectivity index (χ4v) is 3.02. The lowest BCUT2D eigenvalue weighted by atomic mass is 9.82. The van der Waals surface area contributed by atoms with Crippen LogP contribution in [0.5, 0.6) is 0 Å². The molecule has 2 aromatic carbocycles. The standard InChI is InChI=1S/C20H15NO5/c22-16(21-11-8-9-11)10-26-20(25)15-7-3-6-14-17(15)19(24)13-5-2-1-4-12(13)18(14)23/h1-7,11H,8-10H2,(H,21,22). The summed E-state index contributed by atoms with van der Waals surface area (Å²) in [7, 11) is 0. The molecule has 0 unspecified atom stereocenters. The topological polar surface area (TPSA) is 89.5 Å². The van der Waals surface area contributed by atoms with Crippen LogP contribution in [0.15, 0.2) is 42.5 Å². The fraction of sp³-hybridized carbons (Fsp3) is 0.200. The van der Waals surface area contributed by atoms with Gasteiger partial charge in [0, 0.05) is 28.3 Å². The first-order chi connectivity index (χ1) is 12.6. The number of ketones is 2. The smallest absolute Gasteiger partial charge is 0.339 e. The molecule has 0 heterocycles. The molecule has 2 aromatic rings. The minimum absolute atomic E-state index is 0.00502. The second-order valence-electron chi connectivity index (χ2n) is 6.35. The van der Waals surface area contributed by atoms with Gasteiger partial charge < -0.3 is 10.1 Å². The van der Waals surface area contributed by atoms with E-state index in [4.69, 9.17) is 4.74 Å². The summed E-state index contributed by atoms with van der Waals surface area (Å²) in [6.07, 6.45) is 1.86. The summed E-state index contributed by atoms with van der Waals surface area (Å²) >= 11 is 0. The lowest BCUT2D eigenvalue weighted by molar-refractivity contribution is -0.124. The first-order valence-corrected chi connectivity index (χ1v) is 8.34. The molecule has 0 aliphatic heterocycles. The molecule has 130 valence electrons. The third-order valence-electron chi connectivity index (χ3n) is 4.45. The van der Waals surface area contributed by atoms with E-state index in [0.717, 1.165) is 12.8 Å². The predicted octanol–water partition coefficient (Wildman–Crippen LogP) is 1.90. The number of ether oxygens (including phenoxy) is 1. The van der Waals surface area contributed by atoms with Crippen molar-refractivity contribution in [3.63, 3.8) is 0 Å². The molecule has 0 radical (unpaired) electrons. The zero-order valence-corrected chi connectivity index (χ0v) is 13.8. The summed E-state index contributed by atoms with van der Waals surface area (Å²) in [6, 6.07) is 11.1. The molecule has 6 heteroatoms. The van der Waals surface area contributed by atoms with Crippen LogP contribution in [0, 0.1) is 0 Å². The van der Waals surface area contributed by atoms with Crippen molar-refractivity contribution in [2.45, 2.75) is 18.9 Å². The largest absolute Gasteiger partial charge is 0.452 e. The van der Waals surface area contributed by atoms with Crippen molar-refractivity contribution in [2.24, 2.45) is 0 Å². The second-order valence-corrected chi connectivity index (χ2v) is 6.35. The lowest BCUT2D eigenvalue weighted by Gasteiger charge is -2.19. The van der Waals surface area contributed by atoms with E-state index in [1.807, 2.05) is 0 Å². The molecule has 0 atom stereocenters. The van der Waals surface area contributed by atoms with Gasteiger partial charge in [0.05, 0.1) is 5.56 Å². The first-order valence-electron chi connectivity index (χ1n) is 8.34. The Morgan fingerprint density at radius 2 is 1.58 bits per heavy atom. The highest BCUT2D eigenvalue weighted by Crippen LogP contribution is 2.29. The number of esters is 1. The maximum atomic E-state index is 12.8. The van der Waals surface area contributed by atoms with Gasteiger partial charge in [-0.2, -0.15) is 0 Å². The Hall–Kier alpha value is -3.28. The number of amides is 1. The minimum atomic E-state index is -0.798. The van der Waals surface area contributed by atoms with Crippen molar-refractivity contribution in [3.05, 3.63) is 70.3 Å². The molecule has 0 bridgehead atoms. The van der Waals surface area contributed by atoms with Gasteiger partial charge in [-0.3, -0.25) is 14.4 Å². The van der Waals surface area contributed by atoms with E-state index in [0.29, 0.717) is 5.56 Å². The van der Waals surface area contributed by atoms with Gasteiger partial charge >= 0.3 is 5.97 Å². The van der Waals surface area contributed by atoms with Gasteiger partial charge in [-0.15, -0.1) is 0 Å². The molecule has 0 spiro atoms. The molecule has 1 saturated carbocycles. The van der Waals surface area contributed by atoms with Crippen LogP contribution in [0.25, 0.3) is 0 Å². The van der Waals surface area contributed by atoms with Gasteiger partial charge in [-0.05, 0) is 18.9 Å². The molecule has 6 nitrogen and oxygen atoms in total. The van der Waals surface area contributed by atoms with E-state index in [1.54, 1.807) is 24.3 Å². The number of hydrogen-bond donors (Lipinski definition) is 1. The molecular formula is C20H15NO5. The number of nitrogens with one attached hydrogen (secondary N) is 1. The highest BCUT2D eigenvalue weighted by molar-refractivity contribution is 6.30. The Balaban J connectivity index is 1.62. The van der Waals surface area contributed by atoms with E-state index in [1.165, 1.54) is 18.2 Å². The normalized spacial score (nSPS) is 15.1. The van der Waals surface area contributed by atoms with Gasteiger partial charge in [0.2, 0.25) is 0 Å². The lowest BCUT2D eigenvalue weighted by Crippen LogP contribution is -2.31. The quantitative estimate of drug-likeness (QED) is 0.727.